The van der Waals surface area contributed by atoms with Crippen molar-refractivity contribution in [3.63, 3.8) is 0 Å². The van der Waals surface area contributed by atoms with Crippen molar-refractivity contribution in [1.82, 2.24) is 5.32 Å². The lowest BCUT2D eigenvalue weighted by molar-refractivity contribution is -0.175. The van der Waals surface area contributed by atoms with Crippen molar-refractivity contribution < 1.29 is 44.5 Å². The van der Waals surface area contributed by atoms with Gasteiger partial charge < -0.3 is 19.0 Å². The average molecular weight is 737 g/mol. The number of nitrogens with one attached hydrogen (secondary N) is 1. The third-order valence-electron chi connectivity index (χ3n) is 12.8. The van der Waals surface area contributed by atoms with Crippen LogP contribution in [0.3, 0.4) is 0 Å². The molecule has 3 aromatic carbocycles. The highest BCUT2D eigenvalue weighted by Gasteiger charge is 2.80. The van der Waals surface area contributed by atoms with Gasteiger partial charge in [-0.05, 0) is 115 Å². The van der Waals surface area contributed by atoms with Gasteiger partial charge in [-0.1, -0.05) is 19.1 Å². The van der Waals surface area contributed by atoms with Gasteiger partial charge in [-0.15, -0.1) is 0 Å². The van der Waals surface area contributed by atoms with E-state index in [-0.39, 0.29) is 62.9 Å². The molecule has 4 aromatic rings. The first-order chi connectivity index (χ1) is 24.5. The predicted octanol–water partition coefficient (Wildman–Crippen LogP) is 7.01. The number of anilines is 1. The lowest BCUT2D eigenvalue weighted by Crippen LogP contribution is -2.60. The number of carbonyl (C=O) groups excluding carboxylic acids is 1. The van der Waals surface area contributed by atoms with Crippen LogP contribution >= 0.6 is 0 Å². The van der Waals surface area contributed by atoms with Crippen LogP contribution in [0.2, 0.25) is 0 Å². The van der Waals surface area contributed by atoms with E-state index in [9.17, 15) is 30.8 Å². The Kier molecular flexibility index (Phi) is 7.23. The smallest absolute Gasteiger partial charge is 0.455 e. The van der Waals surface area contributed by atoms with Gasteiger partial charge in [-0.3, -0.25) is 9.10 Å². The number of fused-ring (bicyclic) bond motifs is 4. The van der Waals surface area contributed by atoms with Crippen LogP contribution in [0.5, 0.6) is 0 Å². The molecule has 0 radical (unpaired) electrons. The minimum atomic E-state index is -4.77. The molecule has 1 amide bonds. The Morgan fingerprint density at radius 1 is 1.06 bits per heavy atom. The topological polar surface area (TPSA) is 98.1 Å². The third-order valence-corrected chi connectivity index (χ3v) is 14.0. The maximum Gasteiger partial charge on any atom is 0.495 e. The van der Waals surface area contributed by atoms with Crippen LogP contribution in [0, 0.1) is 29.0 Å². The van der Waals surface area contributed by atoms with Crippen molar-refractivity contribution in [2.45, 2.75) is 69.9 Å². The number of rotatable bonds is 8. The van der Waals surface area contributed by atoms with E-state index in [2.05, 4.69) is 12.2 Å². The zero-order valence-corrected chi connectivity index (χ0v) is 29.8. The molecular formula is C38H37BF4N2O6S. The zero-order valence-electron chi connectivity index (χ0n) is 29.0. The minimum Gasteiger partial charge on any atom is -0.455 e. The second-order valence-electron chi connectivity index (χ2n) is 15.6. The van der Waals surface area contributed by atoms with Crippen LogP contribution in [0.4, 0.5) is 23.2 Å². The van der Waals surface area contributed by atoms with E-state index in [1.165, 1.54) is 49.5 Å². The Balaban J connectivity index is 1.10. The van der Waals surface area contributed by atoms with Crippen LogP contribution in [-0.4, -0.2) is 46.5 Å². The highest BCUT2D eigenvalue weighted by Crippen LogP contribution is 2.78. The number of nitrogens with zero attached hydrogens (tertiary/aromatic N) is 1. The zero-order chi connectivity index (χ0) is 36.7. The summed E-state index contributed by atoms with van der Waals surface area (Å²) in [4.78, 5) is 13.2. The molecule has 1 N–H and O–H groups in total. The van der Waals surface area contributed by atoms with E-state index < -0.39 is 52.8 Å². The Bertz CT molecular complexity index is 2280. The van der Waals surface area contributed by atoms with Crippen LogP contribution in [0.1, 0.15) is 72.5 Å². The molecule has 1 saturated heterocycles. The molecule has 1 aliphatic heterocycles. The third kappa shape index (κ3) is 4.85. The Labute approximate surface area is 299 Å². The molecule has 6 unspecified atom stereocenters. The molecule has 2 heterocycles. The summed E-state index contributed by atoms with van der Waals surface area (Å²) in [5, 5.41) is 3.06. The van der Waals surface area contributed by atoms with Gasteiger partial charge in [-0.2, -0.15) is 13.2 Å². The predicted molar refractivity (Wildman–Crippen MR) is 187 cm³/mol. The van der Waals surface area contributed by atoms with Gasteiger partial charge >= 0.3 is 13.3 Å². The van der Waals surface area contributed by atoms with Gasteiger partial charge in [0, 0.05) is 24.1 Å². The van der Waals surface area contributed by atoms with E-state index >= 15 is 0 Å². The summed E-state index contributed by atoms with van der Waals surface area (Å²) in [6.07, 6.45) is -0.504. The molecule has 272 valence electrons. The minimum absolute atomic E-state index is 0.0283. The monoisotopic (exact) mass is 736 g/mol. The number of hydrogen-bond donors (Lipinski definition) is 1. The maximum atomic E-state index is 14.8. The van der Waals surface area contributed by atoms with E-state index in [0.29, 0.717) is 22.4 Å². The van der Waals surface area contributed by atoms with Gasteiger partial charge in [0.25, 0.3) is 5.91 Å². The highest BCUT2D eigenvalue weighted by atomic mass is 32.2. The lowest BCUT2D eigenvalue weighted by atomic mass is 9.41. The fourth-order valence-electron chi connectivity index (χ4n) is 9.98. The quantitative estimate of drug-likeness (QED) is 0.155. The van der Waals surface area contributed by atoms with Gasteiger partial charge in [0.2, 0.25) is 10.0 Å². The van der Waals surface area contributed by atoms with Crippen molar-refractivity contribution >= 4 is 45.2 Å². The first-order valence-corrected chi connectivity index (χ1v) is 19.5. The summed E-state index contributed by atoms with van der Waals surface area (Å²) in [7, 11) is -3.78. The number of amides is 1. The fraction of sp³-hybridized carbons (Fsp3) is 0.447. The lowest BCUT2D eigenvalue weighted by Gasteiger charge is -2.64. The van der Waals surface area contributed by atoms with Crippen LogP contribution in [0.15, 0.2) is 59.0 Å². The van der Waals surface area contributed by atoms with Crippen molar-refractivity contribution in [3.8, 4) is 11.3 Å². The number of carbonyl (C=O) groups is 1. The molecule has 9 rings (SSSR count). The molecular weight excluding hydrogens is 699 g/mol. The summed E-state index contributed by atoms with van der Waals surface area (Å²) in [5.41, 5.74) is 0.271. The van der Waals surface area contributed by atoms with Crippen LogP contribution in [0.25, 0.3) is 22.3 Å². The molecule has 1 aromatic heterocycles. The summed E-state index contributed by atoms with van der Waals surface area (Å²) < 4.78 is 105. The van der Waals surface area contributed by atoms with E-state index in [4.69, 9.17) is 13.7 Å². The van der Waals surface area contributed by atoms with Crippen LogP contribution < -0.4 is 15.1 Å². The number of halogens is 4. The van der Waals surface area contributed by atoms with Gasteiger partial charge in [0.05, 0.1) is 41.3 Å². The Morgan fingerprint density at radius 3 is 2.42 bits per heavy atom. The van der Waals surface area contributed by atoms with Gasteiger partial charge in [-0.25, -0.2) is 12.8 Å². The number of sulfonamides is 1. The molecule has 6 atom stereocenters. The van der Waals surface area contributed by atoms with Crippen molar-refractivity contribution in [2.75, 3.05) is 17.6 Å². The summed E-state index contributed by atoms with van der Waals surface area (Å²) in [5.74, 6) is 0.359. The van der Waals surface area contributed by atoms with Crippen LogP contribution in [-0.2, 0) is 32.1 Å². The molecule has 5 aliphatic rings. The molecule has 52 heavy (non-hydrogen) atoms. The molecule has 4 saturated carbocycles. The summed E-state index contributed by atoms with van der Waals surface area (Å²) >= 11 is 0. The number of hydrogen-bond acceptors (Lipinski definition) is 6. The number of benzene rings is 3. The highest BCUT2D eigenvalue weighted by molar-refractivity contribution is 7.92. The molecule has 14 heteroatoms. The number of alkyl halides is 3. The summed E-state index contributed by atoms with van der Waals surface area (Å²) in [6.45, 7) is 3.83. The molecule has 5 fully saturated rings. The second-order valence-corrected chi connectivity index (χ2v) is 17.6. The standard InChI is InChI=1S/C38H37BF4N2O6S/c1-36-22-14-27(36)34-37(2,31(36)15-22)51-39(50-34)28-12-5-19(13-26(28)38(41,42)43)18-45(52(4,47)48)29-17-30-25(16-24(29)20-6-7-20)32(35(46)44-3)33(49-30)21-8-10-23(40)11-9-21/h5,8-13,16-17,20,22,27,31,34H,6-7,14-15,18H2,1-4H3,(H,44,46). The molecule has 8 nitrogen and oxygen atoms in total. The Morgan fingerprint density at radius 2 is 1.79 bits per heavy atom. The summed E-state index contributed by atoms with van der Waals surface area (Å²) in [6, 6.07) is 12.5. The van der Waals surface area contributed by atoms with E-state index in [0.717, 1.165) is 42.3 Å². The first-order valence-electron chi connectivity index (χ1n) is 17.6. The van der Waals surface area contributed by atoms with Gasteiger partial charge in [0.1, 0.15) is 17.2 Å². The first kappa shape index (κ1) is 33.9. The Hall–Kier alpha value is -3.88. The molecule has 0 spiro atoms. The van der Waals surface area contributed by atoms with Gasteiger partial charge in [0.15, 0.2) is 0 Å². The normalized spacial score (nSPS) is 29.0. The average Bonchev–Trinajstić information content (AvgIpc) is 3.80. The molecule has 0 bridgehead atoms. The molecule has 4 aliphatic carbocycles. The largest absolute Gasteiger partial charge is 0.495 e. The van der Waals surface area contributed by atoms with Crippen molar-refractivity contribution in [2.24, 2.45) is 23.2 Å². The number of furan rings is 1. The van der Waals surface area contributed by atoms with E-state index in [1.54, 1.807) is 6.07 Å². The van der Waals surface area contributed by atoms with E-state index in [1.807, 2.05) is 6.92 Å². The second kappa shape index (κ2) is 11.1. The van der Waals surface area contributed by atoms with Crippen molar-refractivity contribution in [3.05, 3.63) is 82.7 Å². The SMILES string of the molecule is CNC(=O)c1c(-c2ccc(F)cc2)oc2cc(N(Cc3ccc(B4OC5C6CC7CC(C5(C)O4)C76C)c(C(F)(F)F)c3)S(C)(=O)=O)c(C3CC3)cc12. The fourth-order valence-corrected chi connectivity index (χ4v) is 10.9. The van der Waals surface area contributed by atoms with Crippen molar-refractivity contribution in [1.29, 1.82) is 0 Å². The maximum absolute atomic E-state index is 14.8.